The van der Waals surface area contributed by atoms with Crippen molar-refractivity contribution in [2.45, 2.75) is 4.87 Å². The lowest BCUT2D eigenvalue weighted by Gasteiger charge is -2.49. The van der Waals surface area contributed by atoms with Crippen molar-refractivity contribution >= 4 is 11.6 Å². The summed E-state index contributed by atoms with van der Waals surface area (Å²) in [5, 5.41) is 0. The van der Waals surface area contributed by atoms with Crippen molar-refractivity contribution in [1.29, 1.82) is 0 Å². The molecule has 0 aromatic heterocycles. The van der Waals surface area contributed by atoms with Crippen LogP contribution in [0, 0.1) is 0 Å². The highest BCUT2D eigenvalue weighted by Gasteiger charge is 2.56. The number of quaternary nitrogens is 3. The van der Waals surface area contributed by atoms with Crippen LogP contribution in [-0.2, 0) is 0 Å². The Morgan fingerprint density at radius 1 is 0.818 bits per heavy atom. The molecule has 0 unspecified atom stereocenters. The summed E-state index contributed by atoms with van der Waals surface area (Å²) in [6, 6.07) is 0. The zero-order chi connectivity index (χ0) is 7.47. The summed E-state index contributed by atoms with van der Waals surface area (Å²) < 4.78 is 0. The summed E-state index contributed by atoms with van der Waals surface area (Å²) >= 11 is 6.47. The van der Waals surface area contributed by atoms with Gasteiger partial charge in [0.05, 0.1) is 0 Å². The molecule has 3 nitrogen and oxygen atoms in total. The second kappa shape index (κ2) is 1.91. The predicted molar refractivity (Wildman–Crippen MR) is 40.7 cm³/mol. The molecule has 4 saturated heterocycles. The van der Waals surface area contributed by atoms with E-state index in [9.17, 15) is 0 Å². The Labute approximate surface area is 71.5 Å². The molecule has 4 aliphatic rings. The van der Waals surface area contributed by atoms with Crippen LogP contribution in [0.5, 0.6) is 0 Å². The van der Waals surface area contributed by atoms with Gasteiger partial charge in [0, 0.05) is 0 Å². The van der Waals surface area contributed by atoms with Crippen molar-refractivity contribution in [3.63, 3.8) is 0 Å². The third-order valence-corrected chi connectivity index (χ3v) is 3.60. The zero-order valence-electron chi connectivity index (χ0n) is 6.62. The van der Waals surface area contributed by atoms with Gasteiger partial charge in [0.1, 0.15) is 19.6 Å². The highest BCUT2D eigenvalue weighted by atomic mass is 35.5. The summed E-state index contributed by atoms with van der Waals surface area (Å²) in [5.74, 6) is 0. The Bertz CT molecular complexity index is 159. The van der Waals surface area contributed by atoms with Crippen molar-refractivity contribution in [2.24, 2.45) is 0 Å². The molecule has 4 heteroatoms. The summed E-state index contributed by atoms with van der Waals surface area (Å²) in [4.78, 5) is 5.31. The van der Waals surface area contributed by atoms with E-state index >= 15 is 0 Å². The van der Waals surface area contributed by atoms with Crippen molar-refractivity contribution in [1.82, 2.24) is 0 Å². The minimum Gasteiger partial charge on any atom is -0.240 e. The summed E-state index contributed by atoms with van der Waals surface area (Å²) in [6.07, 6.45) is 0. The van der Waals surface area contributed by atoms with Crippen LogP contribution in [0.4, 0.5) is 0 Å². The second-order valence-electron chi connectivity index (χ2n) is 4.46. The quantitative estimate of drug-likeness (QED) is 0.309. The molecule has 0 atom stereocenters. The van der Waals surface area contributed by atoms with Gasteiger partial charge in [-0.2, -0.15) is 0 Å². The summed E-state index contributed by atoms with van der Waals surface area (Å²) in [7, 11) is 0. The van der Waals surface area contributed by atoms with Gasteiger partial charge in [-0.25, -0.2) is 14.7 Å². The first-order valence-corrected chi connectivity index (χ1v) is 4.81. The number of rotatable bonds is 0. The molecule has 4 heterocycles. The Morgan fingerprint density at radius 2 is 1.18 bits per heavy atom. The molecule has 4 bridgehead atoms. The van der Waals surface area contributed by atoms with Crippen LogP contribution < -0.4 is 14.7 Å². The van der Waals surface area contributed by atoms with Gasteiger partial charge in [-0.05, 0) is 0 Å². The maximum Gasteiger partial charge on any atom is 0.213 e. The Morgan fingerprint density at radius 3 is 1.45 bits per heavy atom. The first kappa shape index (κ1) is 6.66. The predicted octanol–water partition coefficient (Wildman–Crippen LogP) is -4.47. The van der Waals surface area contributed by atoms with E-state index < -0.39 is 0 Å². The lowest BCUT2D eigenvalue weighted by atomic mass is 10.00. The smallest absolute Gasteiger partial charge is 0.213 e. The van der Waals surface area contributed by atoms with Crippen molar-refractivity contribution in [2.75, 3.05) is 39.6 Å². The Hall–Kier alpha value is 0.170. The van der Waals surface area contributed by atoms with Gasteiger partial charge in [-0.1, -0.05) is 0 Å². The fourth-order valence-electron chi connectivity index (χ4n) is 3.15. The molecule has 62 valence electrons. The van der Waals surface area contributed by atoms with Crippen molar-refractivity contribution in [3.05, 3.63) is 0 Å². The minimum absolute atomic E-state index is 0.161. The van der Waals surface area contributed by atoms with Gasteiger partial charge in [0.2, 0.25) is 20.0 Å². The van der Waals surface area contributed by atoms with Gasteiger partial charge in [-0.3, -0.25) is 0 Å². The largest absolute Gasteiger partial charge is 0.240 e. The molecule has 0 aromatic carbocycles. The standard InChI is InChI=1S/C7H12ClN3/c8-7-1-9-4-10(2-7)6-11(3-7)5-9/h1-6H2/p+3. The molecule has 4 fully saturated rings. The highest BCUT2D eigenvalue weighted by Crippen LogP contribution is 2.11. The second-order valence-corrected chi connectivity index (χ2v) is 5.26. The molecule has 4 rings (SSSR count). The van der Waals surface area contributed by atoms with Gasteiger partial charge in [0.25, 0.3) is 0 Å². The van der Waals surface area contributed by atoms with E-state index in [1.807, 2.05) is 0 Å². The normalized spacial score (nSPS) is 60.3. The lowest BCUT2D eigenvalue weighted by molar-refractivity contribution is -1.29. The average molecular weight is 177 g/mol. The van der Waals surface area contributed by atoms with E-state index in [4.69, 9.17) is 11.6 Å². The van der Waals surface area contributed by atoms with Crippen LogP contribution in [-0.4, -0.2) is 44.5 Å². The molecule has 4 aliphatic heterocycles. The number of hydrogen-bond acceptors (Lipinski definition) is 0. The molecule has 0 aromatic rings. The van der Waals surface area contributed by atoms with E-state index in [1.165, 1.54) is 39.6 Å². The molecule has 0 spiro atoms. The zero-order valence-corrected chi connectivity index (χ0v) is 7.38. The number of alkyl halides is 1. The Kier molecular flexibility index (Phi) is 1.16. The first-order valence-electron chi connectivity index (χ1n) is 4.43. The SMILES string of the molecule is ClC12C[NH+]3C[NH+](C[NH+](C3)C1)C2. The van der Waals surface area contributed by atoms with Crippen molar-refractivity contribution in [3.8, 4) is 0 Å². The van der Waals surface area contributed by atoms with E-state index in [1.54, 1.807) is 14.7 Å². The molecular weight excluding hydrogens is 162 g/mol. The highest BCUT2D eigenvalue weighted by molar-refractivity contribution is 6.24. The van der Waals surface area contributed by atoms with Crippen LogP contribution in [0.15, 0.2) is 0 Å². The molecule has 0 amide bonds. The maximum absolute atomic E-state index is 6.47. The fourth-order valence-corrected chi connectivity index (χ4v) is 3.72. The van der Waals surface area contributed by atoms with Crippen LogP contribution in [0.3, 0.4) is 0 Å². The third kappa shape index (κ3) is 0.920. The van der Waals surface area contributed by atoms with Crippen LogP contribution >= 0.6 is 11.6 Å². The van der Waals surface area contributed by atoms with E-state index in [-0.39, 0.29) is 4.87 Å². The summed E-state index contributed by atoms with van der Waals surface area (Å²) in [6.45, 7) is 7.58. The number of hydrogen-bond donors (Lipinski definition) is 3. The third-order valence-electron chi connectivity index (χ3n) is 3.20. The van der Waals surface area contributed by atoms with Crippen LogP contribution in [0.1, 0.15) is 0 Å². The average Bonchev–Trinajstić information content (AvgIpc) is 1.79. The van der Waals surface area contributed by atoms with Gasteiger partial charge < -0.3 is 0 Å². The molecule has 0 radical (unpaired) electrons. The van der Waals surface area contributed by atoms with E-state index in [2.05, 4.69) is 0 Å². The maximum atomic E-state index is 6.47. The molecule has 3 N–H and O–H groups in total. The topological polar surface area (TPSA) is 13.3 Å². The monoisotopic (exact) mass is 176 g/mol. The lowest BCUT2D eigenvalue weighted by Crippen LogP contribution is -3.56. The van der Waals surface area contributed by atoms with Gasteiger partial charge in [0.15, 0.2) is 4.87 Å². The van der Waals surface area contributed by atoms with Gasteiger partial charge >= 0.3 is 0 Å². The number of halogens is 1. The van der Waals surface area contributed by atoms with Crippen LogP contribution in [0.2, 0.25) is 0 Å². The van der Waals surface area contributed by atoms with Gasteiger partial charge in [-0.15, -0.1) is 11.6 Å². The molecule has 0 saturated carbocycles. The van der Waals surface area contributed by atoms with E-state index in [0.29, 0.717) is 0 Å². The molecule has 11 heavy (non-hydrogen) atoms. The van der Waals surface area contributed by atoms with Crippen molar-refractivity contribution < 1.29 is 14.7 Å². The Balaban J connectivity index is 1.94. The first-order chi connectivity index (χ1) is 5.23. The van der Waals surface area contributed by atoms with E-state index in [0.717, 1.165) is 0 Å². The number of nitrogens with one attached hydrogen (secondary N) is 3. The van der Waals surface area contributed by atoms with Crippen LogP contribution in [0.25, 0.3) is 0 Å². The fraction of sp³-hybridized carbons (Fsp3) is 1.00. The minimum atomic E-state index is 0.161. The molecular formula is C7H15ClN3+3. The molecule has 0 aliphatic carbocycles. The summed E-state index contributed by atoms with van der Waals surface area (Å²) in [5.41, 5.74) is 0.